The Morgan fingerprint density at radius 2 is 0.630 bits per heavy atom. The molecule has 0 saturated carbocycles. The van der Waals surface area contributed by atoms with Gasteiger partial charge in [0, 0.05) is 34.6 Å². The first-order valence-electron chi connectivity index (χ1n) is 13.6. The van der Waals surface area contributed by atoms with Gasteiger partial charge in [-0.3, -0.25) is 28.4 Å². The Kier molecular flexibility index (Phi) is 32.8. The number of hydrogen-bond acceptors (Lipinski definition) is 12. The number of benzene rings is 2. The molecule has 0 aliphatic heterocycles. The third kappa shape index (κ3) is 20.4. The van der Waals surface area contributed by atoms with Crippen molar-refractivity contribution in [2.24, 2.45) is 0 Å². The van der Waals surface area contributed by atoms with Crippen molar-refractivity contribution in [1.29, 1.82) is 0 Å². The Hall–Kier alpha value is -4.12. The molecule has 12 N–H and O–H groups in total. The third-order valence-electron chi connectivity index (χ3n) is 5.75. The topological polar surface area (TPSA) is 344 Å². The van der Waals surface area contributed by atoms with Crippen LogP contribution < -0.4 is 10.2 Å². The van der Waals surface area contributed by atoms with Gasteiger partial charge in [-0.15, -0.1) is 0 Å². The molecule has 6 aromatic rings. The van der Waals surface area contributed by atoms with Crippen molar-refractivity contribution >= 4 is 34.1 Å². The van der Waals surface area contributed by atoms with Crippen LogP contribution in [0.2, 0.25) is 0 Å². The number of aromatic nitrogens is 4. The van der Waals surface area contributed by atoms with Crippen LogP contribution in [-0.2, 0) is 98.7 Å². The fourth-order valence-electron chi connectivity index (χ4n) is 3.46. The quantitative estimate of drug-likeness (QED) is 0.112. The van der Waals surface area contributed by atoms with Crippen LogP contribution in [0.25, 0.3) is 22.8 Å². The van der Waals surface area contributed by atoms with Crippen molar-refractivity contribution in [2.75, 3.05) is 0 Å². The molecular formula is C34H36Cd2N4O12S2+4. The Morgan fingerprint density at radius 1 is 0.407 bits per heavy atom. The molecule has 4 aromatic heterocycles. The van der Waals surface area contributed by atoms with Crippen molar-refractivity contribution in [2.45, 2.75) is 9.79 Å². The van der Waals surface area contributed by atoms with Crippen LogP contribution in [0.3, 0.4) is 0 Å². The summed E-state index contributed by atoms with van der Waals surface area (Å²) in [6.45, 7) is 0. The predicted molar refractivity (Wildman–Crippen MR) is 190 cm³/mol. The molecular weight excluding hydrogens is 945 g/mol. The van der Waals surface area contributed by atoms with Gasteiger partial charge < -0.3 is 50.8 Å². The van der Waals surface area contributed by atoms with Gasteiger partial charge in [0.15, 0.2) is 0 Å². The SMILES string of the molecule is O=C([O-])c1ccc(S(=O)[O-])cc1.O=C([O-])c1ccc(S(=O)[O-])cc1.[Cd+2].[Cd+2].[OH3+].[OH3+].[OH3+].[OH3+].c1ccc(-c2ccccn2)nc1.c1ccc(-c2ccccn2)nc1. The minimum Gasteiger partial charge on any atom is -0.768 e. The number of carbonyl (C=O) groups excluding carboxylic acids is 2. The fraction of sp³-hybridized carbons (Fsp3) is 0. The first-order chi connectivity index (χ1) is 23.2. The van der Waals surface area contributed by atoms with Crippen LogP contribution in [0.15, 0.2) is 156 Å². The molecule has 16 nitrogen and oxygen atoms in total. The first-order valence-corrected chi connectivity index (χ1v) is 15.8. The van der Waals surface area contributed by atoms with E-state index in [1.54, 1.807) is 24.8 Å². The van der Waals surface area contributed by atoms with E-state index in [0.29, 0.717) is 0 Å². The van der Waals surface area contributed by atoms with E-state index >= 15 is 0 Å². The number of hydrogen-bond donors (Lipinski definition) is 0. The van der Waals surface area contributed by atoms with E-state index in [0.717, 1.165) is 22.8 Å². The standard InChI is InChI=1S/2C10H8N2.2C7H6O4S.2Cd.4H2O/c2*1-3-7-11-9(5-1)10-6-2-4-8-12-10;2*8-7(9)5-1-3-6(4-2-5)12(10)11;;;;;;/h2*1-8H;2*1-4H,(H,8,9)(H,10,11);;;4*1H2/q;;;;2*+2;;;;. The molecule has 4 heterocycles. The Morgan fingerprint density at radius 3 is 0.778 bits per heavy atom. The molecule has 0 amide bonds. The number of pyridine rings is 4. The zero-order chi connectivity index (χ0) is 34.7. The van der Waals surface area contributed by atoms with E-state index in [1.807, 2.05) is 72.8 Å². The zero-order valence-corrected chi connectivity index (χ0v) is 38.2. The van der Waals surface area contributed by atoms with Crippen LogP contribution in [0, 0.1) is 0 Å². The molecule has 0 bridgehead atoms. The smallest absolute Gasteiger partial charge is 0.768 e. The van der Waals surface area contributed by atoms with Crippen LogP contribution >= 0.6 is 0 Å². The van der Waals surface area contributed by atoms with Crippen molar-refractivity contribution in [3.8, 4) is 22.8 Å². The summed E-state index contributed by atoms with van der Waals surface area (Å²) in [4.78, 5) is 37.3. The van der Waals surface area contributed by atoms with Gasteiger partial charge >= 0.3 is 54.6 Å². The predicted octanol–water partition coefficient (Wildman–Crippen LogP) is -0.829. The number of nitrogens with zero attached hydrogens (tertiary/aromatic N) is 4. The van der Waals surface area contributed by atoms with Crippen LogP contribution in [0.4, 0.5) is 0 Å². The molecule has 0 spiro atoms. The summed E-state index contributed by atoms with van der Waals surface area (Å²) in [5, 5.41) is 20.4. The minimum atomic E-state index is -2.31. The number of carboxylic acids is 2. The van der Waals surface area contributed by atoms with Gasteiger partial charge in [-0.2, -0.15) is 0 Å². The number of carboxylic acid groups (broad SMARTS) is 2. The Bertz CT molecular complexity index is 1640. The maximum absolute atomic E-state index is 10.3. The van der Waals surface area contributed by atoms with Crippen molar-refractivity contribution in [1.82, 2.24) is 19.9 Å². The number of aromatic carboxylic acids is 2. The second-order valence-corrected chi connectivity index (χ2v) is 10.8. The van der Waals surface area contributed by atoms with E-state index in [9.17, 15) is 37.3 Å². The summed E-state index contributed by atoms with van der Waals surface area (Å²) in [6, 6.07) is 32.7. The molecule has 2 aromatic carbocycles. The second kappa shape index (κ2) is 31.3. The van der Waals surface area contributed by atoms with E-state index < -0.39 is 34.1 Å². The summed E-state index contributed by atoms with van der Waals surface area (Å²) in [6.07, 6.45) is 7.07. The summed E-state index contributed by atoms with van der Waals surface area (Å²) in [7, 11) is 0. The van der Waals surface area contributed by atoms with Crippen molar-refractivity contribution < 1.29 is 114 Å². The number of rotatable bonds is 6. The molecule has 20 heteroatoms. The molecule has 0 radical (unpaired) electrons. The maximum Gasteiger partial charge on any atom is 2.00 e. The molecule has 0 saturated heterocycles. The second-order valence-electron chi connectivity index (χ2n) is 8.95. The molecule has 276 valence electrons. The Labute approximate surface area is 354 Å². The summed E-state index contributed by atoms with van der Waals surface area (Å²) >= 11 is -4.63. The third-order valence-corrected chi connectivity index (χ3v) is 7.06. The average molecular weight is 982 g/mol. The normalized spacial score (nSPS) is 9.81. The largest absolute Gasteiger partial charge is 2.00 e. The molecule has 54 heavy (non-hydrogen) atoms. The van der Waals surface area contributed by atoms with Gasteiger partial charge in [-0.05, 0) is 106 Å². The van der Waals surface area contributed by atoms with E-state index in [2.05, 4.69) is 19.9 Å². The van der Waals surface area contributed by atoms with E-state index in [4.69, 9.17) is 0 Å². The van der Waals surface area contributed by atoms with Crippen LogP contribution in [0.5, 0.6) is 0 Å². The minimum absolute atomic E-state index is 0. The summed E-state index contributed by atoms with van der Waals surface area (Å²) < 4.78 is 41.3. The van der Waals surface area contributed by atoms with Gasteiger partial charge in [0.2, 0.25) is 0 Å². The summed E-state index contributed by atoms with van der Waals surface area (Å²) in [5.74, 6) is -2.64. The van der Waals surface area contributed by atoms with Crippen molar-refractivity contribution in [3.63, 3.8) is 0 Å². The molecule has 2 atom stereocenters. The average Bonchev–Trinajstić information content (AvgIpc) is 3.14. The Balaban J connectivity index is -0.000000298. The van der Waals surface area contributed by atoms with E-state index in [1.165, 1.54) is 48.5 Å². The van der Waals surface area contributed by atoms with E-state index in [-0.39, 0.29) is 97.4 Å². The molecule has 0 aliphatic rings. The fourth-order valence-corrected chi connectivity index (χ4v) is 4.18. The van der Waals surface area contributed by atoms with Crippen LogP contribution in [0.1, 0.15) is 20.7 Å². The summed E-state index contributed by atoms with van der Waals surface area (Å²) in [5.41, 5.74) is 3.58. The maximum atomic E-state index is 10.3. The van der Waals surface area contributed by atoms with Crippen LogP contribution in [-0.4, -0.2) is 49.4 Å². The zero-order valence-electron chi connectivity index (χ0n) is 28.5. The molecule has 2 unspecified atom stereocenters. The monoisotopic (exact) mass is 984 g/mol. The first kappa shape index (κ1) is 56.6. The van der Waals surface area contributed by atoms with Gasteiger partial charge in [0.25, 0.3) is 0 Å². The van der Waals surface area contributed by atoms with Gasteiger partial charge in [0.1, 0.15) is 0 Å². The van der Waals surface area contributed by atoms with Crippen molar-refractivity contribution in [3.05, 3.63) is 157 Å². The van der Waals surface area contributed by atoms with Gasteiger partial charge in [-0.1, -0.05) is 48.5 Å². The number of carbonyl (C=O) groups is 2. The van der Waals surface area contributed by atoms with Gasteiger partial charge in [-0.25, -0.2) is 0 Å². The molecule has 0 fully saturated rings. The molecule has 0 aliphatic carbocycles. The molecule has 6 rings (SSSR count). The van der Waals surface area contributed by atoms with Gasteiger partial charge in [0.05, 0.1) is 34.7 Å².